The van der Waals surface area contributed by atoms with Crippen LogP contribution in [-0.4, -0.2) is 14.8 Å². The van der Waals surface area contributed by atoms with Crippen LogP contribution in [0.15, 0.2) is 224 Å². The van der Waals surface area contributed by atoms with E-state index in [1.807, 2.05) is 0 Å². The third-order valence-corrected chi connectivity index (χ3v) is 22.2. The van der Waals surface area contributed by atoms with E-state index < -0.39 is 13.5 Å². The Bertz CT molecular complexity index is 3750. The number of rotatable bonds is 6. The van der Waals surface area contributed by atoms with Crippen LogP contribution in [0.4, 0.5) is 17.1 Å². The first-order chi connectivity index (χ1) is 36.2. The van der Waals surface area contributed by atoms with Crippen LogP contribution in [0.1, 0.15) is 98.2 Å². The molecule has 14 rings (SSSR count). The minimum atomic E-state index is -2.78. The van der Waals surface area contributed by atoms with Gasteiger partial charge in [-0.1, -0.05) is 235 Å². The smallest absolute Gasteiger partial charge is 0.251 e. The largest absolute Gasteiger partial charge is 0.458 e. The third-order valence-electron chi connectivity index (χ3n) is 17.2. The number of para-hydroxylation sites is 3. The predicted molar refractivity (Wildman–Crippen MR) is 314 cm³/mol. The van der Waals surface area contributed by atoms with Gasteiger partial charge in [0.25, 0.3) is 6.71 Å². The van der Waals surface area contributed by atoms with Gasteiger partial charge in [0.05, 0.1) is 16.8 Å². The lowest BCUT2D eigenvalue weighted by atomic mass is 9.34. The molecular weight excluding hydrogens is 910 g/mol. The average molecular weight is 968 g/mol. The standard InChI is InChI=1S/C70H58BNOSi/c1-44(2)49-41-53(45(3)4)69(54(42-49)46(5)6)71-59-30-13-16-33-63(59)73-64-43-48(38-39-60(64)71)47-22-21-23-50(40-47)72-61-31-14-9-26-55(61)70(56-27-10-15-32-62(56)72)57-28-11-19-36-67(57)74(68-37-20-12-29-58(68)70)65-34-17-7-24-51(65)52-25-8-18-35-66(52)74/h7-46H,1-6H3. The minimum absolute atomic E-state index is 0.0470. The summed E-state index contributed by atoms with van der Waals surface area (Å²) in [7, 11) is -2.78. The van der Waals surface area contributed by atoms with Gasteiger partial charge < -0.3 is 9.64 Å². The normalized spacial score (nSPS) is 14.7. The molecule has 2 nitrogen and oxygen atoms in total. The second-order valence-corrected chi connectivity index (χ2v) is 25.7. The van der Waals surface area contributed by atoms with Gasteiger partial charge in [0, 0.05) is 5.69 Å². The monoisotopic (exact) mass is 967 g/mol. The van der Waals surface area contributed by atoms with Gasteiger partial charge in [-0.15, -0.1) is 0 Å². The maximum atomic E-state index is 6.98. The molecule has 10 aromatic carbocycles. The molecular formula is C70H58BNOSi. The van der Waals surface area contributed by atoms with Gasteiger partial charge in [0.2, 0.25) is 0 Å². The Hall–Kier alpha value is -7.92. The van der Waals surface area contributed by atoms with Crippen molar-refractivity contribution in [3.05, 3.63) is 263 Å². The molecule has 4 heterocycles. The lowest BCUT2D eigenvalue weighted by molar-refractivity contribution is 0.487. The summed E-state index contributed by atoms with van der Waals surface area (Å²) in [4.78, 5) is 2.52. The van der Waals surface area contributed by atoms with E-state index in [1.165, 1.54) is 98.6 Å². The van der Waals surface area contributed by atoms with E-state index in [-0.39, 0.29) is 6.71 Å². The lowest BCUT2D eigenvalue weighted by Crippen LogP contribution is -2.78. The molecule has 4 aliphatic heterocycles. The molecule has 0 radical (unpaired) electrons. The van der Waals surface area contributed by atoms with Gasteiger partial charge in [-0.25, -0.2) is 0 Å². The van der Waals surface area contributed by atoms with Gasteiger partial charge in [-0.05, 0) is 147 Å². The van der Waals surface area contributed by atoms with Crippen molar-refractivity contribution in [3.63, 3.8) is 0 Å². The summed E-state index contributed by atoms with van der Waals surface area (Å²) >= 11 is 0. The highest BCUT2D eigenvalue weighted by atomic mass is 28.3. The molecule has 0 unspecified atom stereocenters. The van der Waals surface area contributed by atoms with Gasteiger partial charge in [0.1, 0.15) is 11.5 Å². The van der Waals surface area contributed by atoms with E-state index in [4.69, 9.17) is 4.74 Å². The first-order valence-corrected chi connectivity index (χ1v) is 28.8. The van der Waals surface area contributed by atoms with E-state index in [9.17, 15) is 0 Å². The quantitative estimate of drug-likeness (QED) is 0.154. The molecule has 0 amide bonds. The molecule has 356 valence electrons. The van der Waals surface area contributed by atoms with Crippen LogP contribution in [0, 0.1) is 0 Å². The van der Waals surface area contributed by atoms with Crippen molar-refractivity contribution in [2.75, 3.05) is 4.90 Å². The van der Waals surface area contributed by atoms with Crippen molar-refractivity contribution in [1.29, 1.82) is 0 Å². The maximum Gasteiger partial charge on any atom is 0.251 e. The van der Waals surface area contributed by atoms with Gasteiger partial charge in [-0.3, -0.25) is 0 Å². The number of anilines is 3. The van der Waals surface area contributed by atoms with Crippen LogP contribution in [0.25, 0.3) is 22.3 Å². The number of nitrogens with zero attached hydrogens (tertiary/aromatic N) is 1. The number of fused-ring (bicyclic) bond motifs is 17. The first kappa shape index (κ1) is 44.8. The fourth-order valence-corrected chi connectivity index (χ4v) is 19.8. The van der Waals surface area contributed by atoms with Crippen LogP contribution in [0.2, 0.25) is 0 Å². The van der Waals surface area contributed by atoms with Crippen molar-refractivity contribution in [1.82, 2.24) is 0 Å². The summed E-state index contributed by atoms with van der Waals surface area (Å²) in [5, 5.41) is 5.92. The fraction of sp³-hybridized carbons (Fsp3) is 0.143. The molecule has 0 aliphatic carbocycles. The average Bonchev–Trinajstić information content (AvgIpc) is 3.75. The molecule has 0 bridgehead atoms. The van der Waals surface area contributed by atoms with Crippen LogP contribution < -0.4 is 46.8 Å². The Kier molecular flexibility index (Phi) is 10.2. The Morgan fingerprint density at radius 3 is 1.47 bits per heavy atom. The van der Waals surface area contributed by atoms with E-state index in [0.717, 1.165) is 28.3 Å². The molecule has 4 aliphatic rings. The first-order valence-electron chi connectivity index (χ1n) is 26.8. The summed E-state index contributed by atoms with van der Waals surface area (Å²) in [5.74, 6) is 3.04. The Labute approximate surface area is 438 Å². The lowest BCUT2D eigenvalue weighted by Gasteiger charge is -2.52. The Morgan fingerprint density at radius 2 is 0.892 bits per heavy atom. The van der Waals surface area contributed by atoms with Crippen LogP contribution in [0.3, 0.4) is 0 Å². The van der Waals surface area contributed by atoms with E-state index in [2.05, 4.69) is 271 Å². The van der Waals surface area contributed by atoms with E-state index >= 15 is 0 Å². The van der Waals surface area contributed by atoms with Gasteiger partial charge in [0.15, 0.2) is 8.07 Å². The number of benzene rings is 10. The topological polar surface area (TPSA) is 12.5 Å². The van der Waals surface area contributed by atoms with Crippen LogP contribution in [-0.2, 0) is 5.41 Å². The Morgan fingerprint density at radius 1 is 0.405 bits per heavy atom. The van der Waals surface area contributed by atoms with Crippen molar-refractivity contribution in [2.24, 2.45) is 0 Å². The summed E-state index contributed by atoms with van der Waals surface area (Å²) in [6.45, 7) is 14.1. The number of ether oxygens (including phenoxy) is 1. The van der Waals surface area contributed by atoms with Crippen molar-refractivity contribution < 1.29 is 4.74 Å². The summed E-state index contributed by atoms with van der Waals surface area (Å²) < 4.78 is 6.98. The van der Waals surface area contributed by atoms with E-state index in [0.29, 0.717) is 17.8 Å². The molecule has 0 atom stereocenters. The highest BCUT2D eigenvalue weighted by Crippen LogP contribution is 2.59. The summed E-state index contributed by atoms with van der Waals surface area (Å²) in [6.07, 6.45) is 0. The van der Waals surface area contributed by atoms with Gasteiger partial charge in [-0.2, -0.15) is 0 Å². The van der Waals surface area contributed by atoms with Crippen LogP contribution >= 0.6 is 0 Å². The molecule has 0 aromatic heterocycles. The third kappa shape index (κ3) is 6.12. The van der Waals surface area contributed by atoms with Crippen molar-refractivity contribution in [2.45, 2.75) is 64.7 Å². The van der Waals surface area contributed by atoms with Crippen molar-refractivity contribution >= 4 is 69.0 Å². The molecule has 74 heavy (non-hydrogen) atoms. The van der Waals surface area contributed by atoms with Crippen LogP contribution in [0.5, 0.6) is 11.5 Å². The Balaban J connectivity index is 0.937. The van der Waals surface area contributed by atoms with E-state index in [1.54, 1.807) is 0 Å². The number of hydrogen-bond donors (Lipinski definition) is 0. The minimum Gasteiger partial charge on any atom is -0.458 e. The second-order valence-electron chi connectivity index (χ2n) is 22.0. The highest BCUT2D eigenvalue weighted by Gasteiger charge is 2.60. The maximum absolute atomic E-state index is 6.98. The SMILES string of the molecule is CC(C)c1cc(C(C)C)c(B2c3ccccc3Oc3cc(-c4cccc(N5c6ccccc6C6(c7ccccc75)c5ccccc5[Si]5(c7ccccc7-c7ccccc75)c5ccccc56)c4)ccc32)c(C(C)C)c1. The predicted octanol–water partition coefficient (Wildman–Crippen LogP) is 13.2. The number of hydrogen-bond acceptors (Lipinski definition) is 2. The molecule has 0 fully saturated rings. The molecule has 2 spiro atoms. The molecule has 0 saturated carbocycles. The van der Waals surface area contributed by atoms with Crippen molar-refractivity contribution in [3.8, 4) is 33.8 Å². The zero-order valence-electron chi connectivity index (χ0n) is 43.0. The zero-order valence-corrected chi connectivity index (χ0v) is 44.0. The molecule has 4 heteroatoms. The molecule has 0 N–H and O–H groups in total. The summed E-state index contributed by atoms with van der Waals surface area (Å²) in [6, 6.07) is 85.9. The summed E-state index contributed by atoms with van der Waals surface area (Å²) in [5.41, 5.74) is 21.5. The fourth-order valence-electron chi connectivity index (χ4n) is 14.1. The molecule has 0 saturated heterocycles. The highest BCUT2D eigenvalue weighted by molar-refractivity contribution is 7.22. The van der Waals surface area contributed by atoms with Gasteiger partial charge >= 0.3 is 0 Å². The zero-order chi connectivity index (χ0) is 50.0. The molecule has 10 aromatic rings. The second kappa shape index (κ2) is 16.8.